The molecule has 0 fully saturated rings. The second-order valence-corrected chi connectivity index (χ2v) is 4.45. The van der Waals surface area contributed by atoms with E-state index in [-0.39, 0.29) is 5.91 Å². The summed E-state index contributed by atoms with van der Waals surface area (Å²) in [5, 5.41) is 0.619. The van der Waals surface area contributed by atoms with Gasteiger partial charge in [0.25, 0.3) is 0 Å². The highest BCUT2D eigenvalue weighted by atomic mass is 35.5. The molecule has 18 heavy (non-hydrogen) atoms. The summed E-state index contributed by atoms with van der Waals surface area (Å²) in [5.41, 5.74) is 7.19. The normalized spacial score (nSPS) is 10.4. The van der Waals surface area contributed by atoms with E-state index in [1.807, 2.05) is 6.92 Å². The van der Waals surface area contributed by atoms with Gasteiger partial charge < -0.3 is 15.4 Å². The fourth-order valence-electron chi connectivity index (χ4n) is 1.55. The monoisotopic (exact) mass is 270 g/mol. The number of anilines is 1. The Labute approximate surface area is 113 Å². The molecule has 5 heteroatoms. The van der Waals surface area contributed by atoms with Gasteiger partial charge in [0.2, 0.25) is 5.91 Å². The van der Waals surface area contributed by atoms with Gasteiger partial charge in [-0.1, -0.05) is 11.6 Å². The number of benzene rings is 1. The molecule has 4 nitrogen and oxygen atoms in total. The topological polar surface area (TPSA) is 55.6 Å². The van der Waals surface area contributed by atoms with Crippen molar-refractivity contribution in [2.75, 3.05) is 26.0 Å². The number of nitrogens with zero attached hydrogens (tertiary/aromatic N) is 1. The molecule has 1 aromatic carbocycles. The first kappa shape index (κ1) is 14.8. The Hall–Kier alpha value is -1.26. The summed E-state index contributed by atoms with van der Waals surface area (Å²) in [4.78, 5) is 13.4. The van der Waals surface area contributed by atoms with Crippen molar-refractivity contribution in [2.45, 2.75) is 19.9 Å². The number of nitrogen functional groups attached to an aromatic ring is 1. The van der Waals surface area contributed by atoms with Gasteiger partial charge in [0, 0.05) is 30.9 Å². The maximum atomic E-state index is 11.8. The quantitative estimate of drug-likeness (QED) is 0.637. The number of carbonyl (C=O) groups excluding carboxylic acids is 1. The minimum absolute atomic E-state index is 0.0296. The first-order chi connectivity index (χ1) is 8.54. The van der Waals surface area contributed by atoms with Crippen LogP contribution in [0.1, 0.15) is 18.9 Å². The summed E-state index contributed by atoms with van der Waals surface area (Å²) >= 11 is 6.05. The molecule has 1 aromatic rings. The Morgan fingerprint density at radius 2 is 2.22 bits per heavy atom. The number of hydrogen-bond donors (Lipinski definition) is 1. The maximum Gasteiger partial charge on any atom is 0.224 e. The van der Waals surface area contributed by atoms with Crippen LogP contribution in [0.15, 0.2) is 18.2 Å². The molecule has 1 rings (SSSR count). The van der Waals surface area contributed by atoms with Gasteiger partial charge in [-0.15, -0.1) is 0 Å². The van der Waals surface area contributed by atoms with Gasteiger partial charge in [-0.3, -0.25) is 4.79 Å². The Morgan fingerprint density at radius 1 is 1.50 bits per heavy atom. The zero-order valence-electron chi connectivity index (χ0n) is 10.8. The Morgan fingerprint density at radius 3 is 2.89 bits per heavy atom. The van der Waals surface area contributed by atoms with Crippen molar-refractivity contribution in [3.8, 4) is 0 Å². The summed E-state index contributed by atoms with van der Waals surface area (Å²) < 4.78 is 5.15. The highest BCUT2D eigenvalue weighted by Crippen LogP contribution is 2.20. The average Bonchev–Trinajstić information content (AvgIpc) is 2.34. The number of carbonyl (C=O) groups is 1. The number of nitrogens with two attached hydrogens (primary N) is 1. The molecule has 0 saturated heterocycles. The zero-order valence-corrected chi connectivity index (χ0v) is 11.5. The number of ether oxygens (including phenoxy) is 1. The van der Waals surface area contributed by atoms with E-state index in [0.29, 0.717) is 36.9 Å². The zero-order chi connectivity index (χ0) is 13.5. The second kappa shape index (κ2) is 7.24. The number of halogens is 1. The van der Waals surface area contributed by atoms with E-state index in [1.54, 1.807) is 30.1 Å². The van der Waals surface area contributed by atoms with E-state index in [4.69, 9.17) is 22.1 Å². The third kappa shape index (κ3) is 4.55. The average molecular weight is 271 g/mol. The lowest BCUT2D eigenvalue weighted by Gasteiger charge is -2.18. The maximum absolute atomic E-state index is 11.8. The predicted molar refractivity (Wildman–Crippen MR) is 73.4 cm³/mol. The van der Waals surface area contributed by atoms with Gasteiger partial charge in [0.05, 0.1) is 13.0 Å². The van der Waals surface area contributed by atoms with Crippen LogP contribution in [0, 0.1) is 0 Å². The first-order valence-corrected chi connectivity index (χ1v) is 6.28. The van der Waals surface area contributed by atoms with E-state index in [0.717, 1.165) is 5.56 Å². The van der Waals surface area contributed by atoms with E-state index < -0.39 is 0 Å². The molecule has 0 heterocycles. The van der Waals surface area contributed by atoms with Crippen LogP contribution in [0.2, 0.25) is 5.02 Å². The third-order valence-electron chi connectivity index (χ3n) is 2.57. The molecular formula is C13H19ClN2O2. The lowest BCUT2D eigenvalue weighted by atomic mass is 10.2. The molecule has 0 aliphatic carbocycles. The van der Waals surface area contributed by atoms with Crippen molar-refractivity contribution < 1.29 is 9.53 Å². The highest BCUT2D eigenvalue weighted by Gasteiger charge is 2.11. The van der Waals surface area contributed by atoms with Crippen LogP contribution in [0.5, 0.6) is 0 Å². The Balaban J connectivity index is 2.55. The largest absolute Gasteiger partial charge is 0.399 e. The molecule has 0 aliphatic rings. The van der Waals surface area contributed by atoms with Gasteiger partial charge in [-0.2, -0.15) is 0 Å². The third-order valence-corrected chi connectivity index (χ3v) is 2.94. The van der Waals surface area contributed by atoms with Crippen molar-refractivity contribution in [3.63, 3.8) is 0 Å². The van der Waals surface area contributed by atoms with Crippen LogP contribution in [0.25, 0.3) is 0 Å². The number of amides is 1. The predicted octanol–water partition coefficient (Wildman–Crippen LogP) is 2.31. The van der Waals surface area contributed by atoms with Crippen LogP contribution in [-0.2, 0) is 16.1 Å². The Kier molecular flexibility index (Phi) is 5.95. The smallest absolute Gasteiger partial charge is 0.224 e. The van der Waals surface area contributed by atoms with Crippen molar-refractivity contribution in [3.05, 3.63) is 28.8 Å². The summed E-state index contributed by atoms with van der Waals surface area (Å²) in [7, 11) is 1.74. The lowest BCUT2D eigenvalue weighted by Crippen LogP contribution is -2.27. The van der Waals surface area contributed by atoms with Gasteiger partial charge in [0.15, 0.2) is 0 Å². The molecule has 2 N–H and O–H groups in total. The van der Waals surface area contributed by atoms with E-state index >= 15 is 0 Å². The lowest BCUT2D eigenvalue weighted by molar-refractivity contribution is -0.131. The van der Waals surface area contributed by atoms with Gasteiger partial charge >= 0.3 is 0 Å². The summed E-state index contributed by atoms with van der Waals surface area (Å²) in [6, 6.07) is 5.27. The summed E-state index contributed by atoms with van der Waals surface area (Å²) in [5.74, 6) is 0.0296. The van der Waals surface area contributed by atoms with E-state index in [9.17, 15) is 4.79 Å². The fraction of sp³-hybridized carbons (Fsp3) is 0.462. The fourth-order valence-corrected chi connectivity index (χ4v) is 1.73. The van der Waals surface area contributed by atoms with Gasteiger partial charge in [0.1, 0.15) is 0 Å². The molecular weight excluding hydrogens is 252 g/mol. The van der Waals surface area contributed by atoms with Gasteiger partial charge in [-0.25, -0.2) is 0 Å². The summed E-state index contributed by atoms with van der Waals surface area (Å²) in [6.45, 7) is 3.43. The standard InChI is InChI=1S/C13H19ClN2O2/c1-3-18-7-6-13(17)16(2)9-10-8-11(15)4-5-12(10)14/h4-5,8H,3,6-7,9,15H2,1-2H3. The number of hydrogen-bond acceptors (Lipinski definition) is 3. The van der Waals surface area contributed by atoms with Gasteiger partial charge in [-0.05, 0) is 30.7 Å². The van der Waals surface area contributed by atoms with Crippen LogP contribution < -0.4 is 5.73 Å². The van der Waals surface area contributed by atoms with Crippen LogP contribution in [0.4, 0.5) is 5.69 Å². The molecule has 1 amide bonds. The molecule has 0 unspecified atom stereocenters. The molecule has 0 atom stereocenters. The molecule has 0 aliphatic heterocycles. The van der Waals surface area contributed by atoms with Crippen molar-refractivity contribution in [2.24, 2.45) is 0 Å². The van der Waals surface area contributed by atoms with Crippen molar-refractivity contribution in [1.29, 1.82) is 0 Å². The first-order valence-electron chi connectivity index (χ1n) is 5.90. The summed E-state index contributed by atoms with van der Waals surface area (Å²) in [6.07, 6.45) is 0.379. The second-order valence-electron chi connectivity index (χ2n) is 4.05. The van der Waals surface area contributed by atoms with Crippen LogP contribution in [0.3, 0.4) is 0 Å². The Bertz CT molecular complexity index is 410. The molecule has 0 bridgehead atoms. The number of rotatable bonds is 6. The molecule has 0 radical (unpaired) electrons. The molecule has 100 valence electrons. The minimum Gasteiger partial charge on any atom is -0.399 e. The minimum atomic E-state index is 0.0296. The van der Waals surface area contributed by atoms with Crippen LogP contribution >= 0.6 is 11.6 Å². The molecule has 0 spiro atoms. The SMILES string of the molecule is CCOCCC(=O)N(C)Cc1cc(N)ccc1Cl. The van der Waals surface area contributed by atoms with Crippen molar-refractivity contribution >= 4 is 23.2 Å². The van der Waals surface area contributed by atoms with Crippen LogP contribution in [-0.4, -0.2) is 31.1 Å². The van der Waals surface area contributed by atoms with E-state index in [2.05, 4.69) is 0 Å². The molecule has 0 aromatic heterocycles. The molecule has 0 saturated carbocycles. The van der Waals surface area contributed by atoms with E-state index in [1.165, 1.54) is 0 Å². The van der Waals surface area contributed by atoms with Crippen molar-refractivity contribution in [1.82, 2.24) is 4.90 Å². The highest BCUT2D eigenvalue weighted by molar-refractivity contribution is 6.31.